The number of carbonyl (C=O) groups is 5. The standard InChI is InChI=1S/C31H37N5O7/c1-42-26(37)10-5-15-32-31(41)43-19-22-6-4-7-23(16-22)33-30(40)34-27-28(38)35(17-20-11-12-20)24-8-2-3-9-25(24)36(29(27)39)18-21-13-14-21/h2-4,6-9,16,20-21,27H,5,10-15,17-19H2,1H3,(H,32,41)(H2,33,34,40). The number of fused-ring (bicyclic) bond motifs is 1. The van der Waals surface area contributed by atoms with Crippen molar-refractivity contribution in [1.29, 1.82) is 0 Å². The Kier molecular flexibility index (Phi) is 9.43. The predicted octanol–water partition coefficient (Wildman–Crippen LogP) is 3.56. The van der Waals surface area contributed by atoms with Crippen LogP contribution in [-0.4, -0.2) is 62.7 Å². The Hall–Kier alpha value is -4.61. The van der Waals surface area contributed by atoms with Gasteiger partial charge in [0.1, 0.15) is 6.61 Å². The SMILES string of the molecule is COC(=O)CCCNC(=O)OCc1cccc(NC(=O)NC2C(=O)N(CC3CC3)c3ccccc3N(CC3CC3)C2=O)c1. The van der Waals surface area contributed by atoms with Crippen molar-refractivity contribution in [1.82, 2.24) is 10.6 Å². The highest BCUT2D eigenvalue weighted by molar-refractivity contribution is 6.21. The number of para-hydroxylation sites is 2. The molecule has 12 heteroatoms. The maximum Gasteiger partial charge on any atom is 0.407 e. The van der Waals surface area contributed by atoms with E-state index in [4.69, 9.17) is 4.74 Å². The quantitative estimate of drug-likeness (QED) is 0.194. The summed E-state index contributed by atoms with van der Waals surface area (Å²) in [6.45, 7) is 1.21. The molecule has 2 aliphatic carbocycles. The summed E-state index contributed by atoms with van der Waals surface area (Å²) >= 11 is 0. The van der Waals surface area contributed by atoms with Crippen molar-refractivity contribution in [3.63, 3.8) is 0 Å². The van der Waals surface area contributed by atoms with Crippen LogP contribution in [0.25, 0.3) is 0 Å². The lowest BCUT2D eigenvalue weighted by atomic mass is 10.2. The molecule has 12 nitrogen and oxygen atoms in total. The molecule has 5 rings (SSSR count). The Labute approximate surface area is 250 Å². The summed E-state index contributed by atoms with van der Waals surface area (Å²) in [5, 5.41) is 7.90. The van der Waals surface area contributed by atoms with E-state index in [1.54, 1.807) is 34.1 Å². The fourth-order valence-corrected chi connectivity index (χ4v) is 4.96. The molecule has 2 aromatic carbocycles. The second-order valence-corrected chi connectivity index (χ2v) is 11.2. The van der Waals surface area contributed by atoms with E-state index in [1.807, 2.05) is 24.3 Å². The van der Waals surface area contributed by atoms with Crippen LogP contribution in [0.2, 0.25) is 0 Å². The van der Waals surface area contributed by atoms with E-state index in [0.29, 0.717) is 54.0 Å². The van der Waals surface area contributed by atoms with Crippen LogP contribution >= 0.6 is 0 Å². The number of esters is 1. The minimum absolute atomic E-state index is 0.0515. The van der Waals surface area contributed by atoms with E-state index in [2.05, 4.69) is 20.7 Å². The van der Waals surface area contributed by atoms with Gasteiger partial charge in [0.15, 0.2) is 6.04 Å². The van der Waals surface area contributed by atoms with Crippen molar-refractivity contribution >= 4 is 47.0 Å². The van der Waals surface area contributed by atoms with Gasteiger partial charge in [-0.05, 0) is 73.8 Å². The number of anilines is 3. The lowest BCUT2D eigenvalue weighted by Gasteiger charge is -2.25. The Morgan fingerprint density at radius 3 is 2.09 bits per heavy atom. The average molecular weight is 592 g/mol. The van der Waals surface area contributed by atoms with E-state index in [1.165, 1.54) is 7.11 Å². The summed E-state index contributed by atoms with van der Waals surface area (Å²) in [5.74, 6) is -0.491. The fourth-order valence-electron chi connectivity index (χ4n) is 4.96. The molecule has 1 aliphatic heterocycles. The van der Waals surface area contributed by atoms with Crippen LogP contribution in [-0.2, 0) is 30.5 Å². The molecule has 0 radical (unpaired) electrons. The van der Waals surface area contributed by atoms with Gasteiger partial charge < -0.3 is 35.2 Å². The van der Waals surface area contributed by atoms with Gasteiger partial charge in [0.2, 0.25) is 0 Å². The maximum atomic E-state index is 13.8. The summed E-state index contributed by atoms with van der Waals surface area (Å²) in [7, 11) is 1.30. The number of rotatable bonds is 12. The van der Waals surface area contributed by atoms with Gasteiger partial charge in [0.25, 0.3) is 11.8 Å². The van der Waals surface area contributed by atoms with Crippen LogP contribution in [0.5, 0.6) is 0 Å². The minimum atomic E-state index is -1.38. The van der Waals surface area contributed by atoms with E-state index in [-0.39, 0.29) is 25.5 Å². The highest BCUT2D eigenvalue weighted by Gasteiger charge is 2.44. The molecule has 5 amide bonds. The Balaban J connectivity index is 1.21. The molecule has 0 atom stereocenters. The summed E-state index contributed by atoms with van der Waals surface area (Å²) in [6.07, 6.45) is 4.09. The topological polar surface area (TPSA) is 146 Å². The Morgan fingerprint density at radius 2 is 1.51 bits per heavy atom. The highest BCUT2D eigenvalue weighted by atomic mass is 16.5. The van der Waals surface area contributed by atoms with Gasteiger partial charge in [0, 0.05) is 31.7 Å². The molecule has 228 valence electrons. The summed E-state index contributed by atoms with van der Waals surface area (Å²) in [6, 6.07) is 12.1. The molecule has 2 fully saturated rings. The normalized spacial score (nSPS) is 16.7. The molecule has 0 unspecified atom stereocenters. The van der Waals surface area contributed by atoms with Gasteiger partial charge in [-0.25, -0.2) is 9.59 Å². The molecular weight excluding hydrogens is 554 g/mol. The maximum absolute atomic E-state index is 13.8. The van der Waals surface area contributed by atoms with E-state index < -0.39 is 30.0 Å². The molecule has 0 saturated heterocycles. The number of urea groups is 1. The Bertz CT molecular complexity index is 1320. The summed E-state index contributed by atoms with van der Waals surface area (Å²) in [5.41, 5.74) is 2.40. The number of ether oxygens (including phenoxy) is 2. The third-order valence-electron chi connectivity index (χ3n) is 7.65. The number of hydrogen-bond donors (Lipinski definition) is 3. The van der Waals surface area contributed by atoms with E-state index >= 15 is 0 Å². The predicted molar refractivity (Wildman–Crippen MR) is 158 cm³/mol. The van der Waals surface area contributed by atoms with Crippen LogP contribution in [0.15, 0.2) is 48.5 Å². The number of benzene rings is 2. The molecular formula is C31H37N5O7. The zero-order chi connectivity index (χ0) is 30.3. The number of carbonyl (C=O) groups excluding carboxylic acids is 5. The minimum Gasteiger partial charge on any atom is -0.469 e. The largest absolute Gasteiger partial charge is 0.469 e. The van der Waals surface area contributed by atoms with Gasteiger partial charge in [-0.1, -0.05) is 24.3 Å². The molecule has 0 aromatic heterocycles. The van der Waals surface area contributed by atoms with Crippen molar-refractivity contribution in [3.8, 4) is 0 Å². The smallest absolute Gasteiger partial charge is 0.407 e. The van der Waals surface area contributed by atoms with Gasteiger partial charge in [0.05, 0.1) is 18.5 Å². The first-order valence-corrected chi connectivity index (χ1v) is 14.7. The molecule has 3 aliphatic rings. The zero-order valence-electron chi connectivity index (χ0n) is 24.2. The molecule has 1 heterocycles. The first-order valence-electron chi connectivity index (χ1n) is 14.7. The van der Waals surface area contributed by atoms with Crippen molar-refractivity contribution in [2.45, 2.75) is 51.2 Å². The number of hydrogen-bond acceptors (Lipinski definition) is 7. The lowest BCUT2D eigenvalue weighted by molar-refractivity contribution is -0.140. The van der Waals surface area contributed by atoms with Crippen LogP contribution < -0.4 is 25.8 Å². The van der Waals surface area contributed by atoms with Crippen LogP contribution in [0.3, 0.4) is 0 Å². The molecule has 0 spiro atoms. The zero-order valence-corrected chi connectivity index (χ0v) is 24.2. The van der Waals surface area contributed by atoms with Crippen molar-refractivity contribution in [2.75, 3.05) is 41.9 Å². The van der Waals surface area contributed by atoms with Gasteiger partial charge in [-0.15, -0.1) is 0 Å². The van der Waals surface area contributed by atoms with Gasteiger partial charge in [-0.3, -0.25) is 14.4 Å². The third kappa shape index (κ3) is 8.02. The second-order valence-electron chi connectivity index (χ2n) is 11.2. The average Bonchev–Trinajstić information content (AvgIpc) is 3.94. The fraction of sp³-hybridized carbons (Fsp3) is 0.452. The number of alkyl carbamates (subject to hydrolysis) is 1. The van der Waals surface area contributed by atoms with Crippen LogP contribution in [0, 0.1) is 11.8 Å². The molecule has 0 bridgehead atoms. The van der Waals surface area contributed by atoms with Crippen molar-refractivity contribution in [3.05, 3.63) is 54.1 Å². The summed E-state index contributed by atoms with van der Waals surface area (Å²) in [4.78, 5) is 67.2. The first-order chi connectivity index (χ1) is 20.8. The third-order valence-corrected chi connectivity index (χ3v) is 7.65. The molecule has 43 heavy (non-hydrogen) atoms. The van der Waals surface area contributed by atoms with Crippen LogP contribution in [0.1, 0.15) is 44.1 Å². The van der Waals surface area contributed by atoms with Gasteiger partial charge >= 0.3 is 18.1 Å². The monoisotopic (exact) mass is 591 g/mol. The van der Waals surface area contributed by atoms with Crippen LogP contribution in [0.4, 0.5) is 26.7 Å². The number of amides is 5. The second kappa shape index (κ2) is 13.6. The van der Waals surface area contributed by atoms with E-state index in [9.17, 15) is 24.0 Å². The molecule has 2 saturated carbocycles. The van der Waals surface area contributed by atoms with Crippen molar-refractivity contribution in [2.24, 2.45) is 11.8 Å². The lowest BCUT2D eigenvalue weighted by Crippen LogP contribution is -2.56. The summed E-state index contributed by atoms with van der Waals surface area (Å²) < 4.78 is 9.78. The molecule has 2 aromatic rings. The first kappa shape index (κ1) is 29.9. The van der Waals surface area contributed by atoms with E-state index in [0.717, 1.165) is 25.7 Å². The highest BCUT2D eigenvalue weighted by Crippen LogP contribution is 2.40. The number of nitrogens with zero attached hydrogens (tertiary/aromatic N) is 2. The molecule has 3 N–H and O–H groups in total. The van der Waals surface area contributed by atoms with Gasteiger partial charge in [-0.2, -0.15) is 0 Å². The number of methoxy groups -OCH3 is 1. The number of nitrogens with one attached hydrogen (secondary N) is 3. The van der Waals surface area contributed by atoms with Crippen molar-refractivity contribution < 1.29 is 33.4 Å². The Morgan fingerprint density at radius 1 is 0.884 bits per heavy atom.